The first kappa shape index (κ1) is 15.5. The van der Waals surface area contributed by atoms with E-state index >= 15 is 0 Å². The van der Waals surface area contributed by atoms with Gasteiger partial charge in [-0.15, -0.1) is 9.25 Å². The van der Waals surface area contributed by atoms with Gasteiger partial charge in [-0.2, -0.15) is 5.10 Å². The second-order valence-electron chi connectivity index (χ2n) is 8.83. The van der Waals surface area contributed by atoms with Gasteiger partial charge in [0, 0.05) is 29.9 Å². The fraction of sp³-hybridized carbons (Fsp3) is 0.0769. The lowest BCUT2D eigenvalue weighted by molar-refractivity contribution is -0.969. The lowest BCUT2D eigenvalue weighted by Gasteiger charge is -2.23. The molecule has 6 aromatic rings. The first-order valence-corrected chi connectivity index (χ1v) is 10.8. The van der Waals surface area contributed by atoms with Crippen molar-refractivity contribution < 1.29 is 13.9 Å². The Morgan fingerprint density at radius 1 is 0.969 bits per heavy atom. The Kier molecular flexibility index (Phi) is 2.24. The maximum atomic E-state index is 6.52. The Morgan fingerprint density at radius 3 is 2.91 bits per heavy atom. The standard InChI is InChI=1S/C26H15N5O/c1-14-12-20-19-5-2-6-22-30(19)26(31(20)28-14)24-21(32-22)8-7-16-18-13-27-10-9-15(18)17-4-3-11-29(26)25(17)23(16)24/h2-13H,1H3/q+2. The number of hydrogen-bond acceptors (Lipinski definition) is 3. The summed E-state index contributed by atoms with van der Waals surface area (Å²) >= 11 is 0. The summed E-state index contributed by atoms with van der Waals surface area (Å²) in [5.41, 5.74) is 5.56. The average molecular weight is 413 g/mol. The van der Waals surface area contributed by atoms with Crippen LogP contribution in [0.2, 0.25) is 0 Å². The van der Waals surface area contributed by atoms with E-state index in [0.29, 0.717) is 0 Å². The van der Waals surface area contributed by atoms with Crippen molar-refractivity contribution in [3.05, 3.63) is 84.4 Å². The molecule has 1 atom stereocenters. The van der Waals surface area contributed by atoms with Gasteiger partial charge in [-0.3, -0.25) is 4.98 Å². The van der Waals surface area contributed by atoms with Gasteiger partial charge in [0.15, 0.2) is 17.5 Å². The Labute approximate surface area is 181 Å². The minimum atomic E-state index is -0.671. The fourth-order valence-corrected chi connectivity index (χ4v) is 6.32. The van der Waals surface area contributed by atoms with Gasteiger partial charge < -0.3 is 4.74 Å². The van der Waals surface area contributed by atoms with Crippen molar-refractivity contribution in [3.63, 3.8) is 0 Å². The minimum Gasteiger partial charge on any atom is -0.404 e. The van der Waals surface area contributed by atoms with Crippen LogP contribution in [-0.2, 0) is 5.79 Å². The molecule has 3 aliphatic rings. The summed E-state index contributed by atoms with van der Waals surface area (Å²) in [6, 6.07) is 19.2. The largest absolute Gasteiger partial charge is 0.504 e. The molecule has 2 aromatic carbocycles. The van der Waals surface area contributed by atoms with Crippen molar-refractivity contribution in [2.24, 2.45) is 0 Å². The molecule has 0 amide bonds. The molecule has 0 saturated heterocycles. The number of nitrogens with zero attached hydrogens (tertiary/aromatic N) is 5. The van der Waals surface area contributed by atoms with Crippen LogP contribution in [0.1, 0.15) is 11.3 Å². The van der Waals surface area contributed by atoms with Gasteiger partial charge in [-0.05, 0) is 54.1 Å². The highest BCUT2D eigenvalue weighted by molar-refractivity contribution is 6.25. The number of aromatic nitrogens is 5. The number of aryl methyl sites for hydroxylation is 1. The van der Waals surface area contributed by atoms with Gasteiger partial charge in [0.2, 0.25) is 11.2 Å². The molecule has 4 aromatic heterocycles. The topological polar surface area (TPSA) is 47.7 Å². The van der Waals surface area contributed by atoms with Gasteiger partial charge in [-0.25, -0.2) is 0 Å². The van der Waals surface area contributed by atoms with E-state index in [-0.39, 0.29) is 0 Å². The highest BCUT2D eigenvalue weighted by Gasteiger charge is 2.71. The van der Waals surface area contributed by atoms with Crippen LogP contribution in [0.3, 0.4) is 0 Å². The normalized spacial score (nSPS) is 18.5. The zero-order chi connectivity index (χ0) is 20.8. The van der Waals surface area contributed by atoms with E-state index in [1.54, 1.807) is 0 Å². The summed E-state index contributed by atoms with van der Waals surface area (Å²) in [6.45, 7) is 2.06. The zero-order valence-corrected chi connectivity index (χ0v) is 17.1. The monoisotopic (exact) mass is 413 g/mol. The third-order valence-electron chi connectivity index (χ3n) is 7.34. The molecular weight excluding hydrogens is 398 g/mol. The summed E-state index contributed by atoms with van der Waals surface area (Å²) in [4.78, 5) is 4.45. The Morgan fingerprint density at radius 2 is 1.94 bits per heavy atom. The van der Waals surface area contributed by atoms with Crippen LogP contribution in [0, 0.1) is 6.92 Å². The third-order valence-corrected chi connectivity index (χ3v) is 7.34. The molecule has 7 heterocycles. The molecule has 0 saturated carbocycles. The SMILES string of the molecule is Cc1cc2n(n1)C13c4c(ccc5c6cnccc6c6ccc[n+]1c6c45)Oc1cccc-2[n+]13. The van der Waals surface area contributed by atoms with Crippen molar-refractivity contribution in [1.82, 2.24) is 14.8 Å². The van der Waals surface area contributed by atoms with Crippen LogP contribution in [0.25, 0.3) is 43.8 Å². The lowest BCUT2D eigenvalue weighted by atomic mass is 9.94. The van der Waals surface area contributed by atoms with Crippen molar-refractivity contribution in [2.45, 2.75) is 12.7 Å². The number of fused-ring (bicyclic) bond motifs is 5. The van der Waals surface area contributed by atoms with Crippen molar-refractivity contribution in [1.29, 1.82) is 0 Å². The number of hydrogen-bond donors (Lipinski definition) is 0. The minimum absolute atomic E-state index is 0.671. The molecule has 0 aliphatic carbocycles. The van der Waals surface area contributed by atoms with Gasteiger partial charge in [-0.1, -0.05) is 4.57 Å². The predicted octanol–water partition coefficient (Wildman–Crippen LogP) is 3.78. The fourth-order valence-electron chi connectivity index (χ4n) is 6.32. The molecule has 0 fully saturated rings. The Hall–Kier alpha value is -4.32. The van der Waals surface area contributed by atoms with Crippen molar-refractivity contribution >= 4 is 32.4 Å². The molecule has 148 valence electrons. The predicted molar refractivity (Wildman–Crippen MR) is 117 cm³/mol. The van der Waals surface area contributed by atoms with Crippen LogP contribution in [-0.4, -0.2) is 14.8 Å². The molecule has 6 heteroatoms. The number of rotatable bonds is 0. The molecular formula is C26H15N5O+2. The summed E-state index contributed by atoms with van der Waals surface area (Å²) in [5, 5.41) is 11.0. The van der Waals surface area contributed by atoms with Gasteiger partial charge in [0.25, 0.3) is 0 Å². The molecule has 0 radical (unpaired) electrons. The summed E-state index contributed by atoms with van der Waals surface area (Å²) < 4.78 is 13.4. The average Bonchev–Trinajstić information content (AvgIpc) is 3.45. The number of ether oxygens (including phenoxy) is 1. The highest BCUT2D eigenvalue weighted by atomic mass is 16.5. The molecule has 9 rings (SSSR count). The Bertz CT molecular complexity index is 1890. The van der Waals surface area contributed by atoms with E-state index < -0.39 is 5.79 Å². The smallest absolute Gasteiger partial charge is 0.404 e. The summed E-state index contributed by atoms with van der Waals surface area (Å²) in [6.07, 6.45) is 6.04. The van der Waals surface area contributed by atoms with Crippen LogP contribution in [0.5, 0.6) is 11.6 Å². The lowest BCUT2D eigenvalue weighted by Crippen LogP contribution is -2.75. The van der Waals surface area contributed by atoms with Crippen LogP contribution in [0.15, 0.2) is 73.2 Å². The second kappa shape index (κ2) is 4.62. The molecule has 1 spiro atoms. The second-order valence-corrected chi connectivity index (χ2v) is 8.83. The van der Waals surface area contributed by atoms with Crippen LogP contribution in [0.4, 0.5) is 0 Å². The van der Waals surface area contributed by atoms with E-state index in [4.69, 9.17) is 9.84 Å². The van der Waals surface area contributed by atoms with E-state index in [1.165, 1.54) is 27.1 Å². The third kappa shape index (κ3) is 1.35. The highest BCUT2D eigenvalue weighted by Crippen LogP contribution is 2.52. The molecule has 6 nitrogen and oxygen atoms in total. The maximum absolute atomic E-state index is 6.52. The van der Waals surface area contributed by atoms with E-state index in [2.05, 4.69) is 80.5 Å². The van der Waals surface area contributed by atoms with E-state index in [0.717, 1.165) is 39.7 Å². The first-order chi connectivity index (χ1) is 15.8. The van der Waals surface area contributed by atoms with Crippen molar-refractivity contribution in [2.75, 3.05) is 0 Å². The quantitative estimate of drug-likeness (QED) is 0.281. The van der Waals surface area contributed by atoms with Gasteiger partial charge in [0.05, 0.1) is 22.5 Å². The number of pyridine rings is 3. The number of benzene rings is 2. The van der Waals surface area contributed by atoms with E-state index in [9.17, 15) is 0 Å². The van der Waals surface area contributed by atoms with Crippen LogP contribution >= 0.6 is 0 Å². The maximum Gasteiger partial charge on any atom is 0.504 e. The zero-order valence-electron chi connectivity index (χ0n) is 17.1. The van der Waals surface area contributed by atoms with Crippen LogP contribution < -0.4 is 13.9 Å². The van der Waals surface area contributed by atoms with Gasteiger partial charge in [0.1, 0.15) is 5.69 Å². The molecule has 1 unspecified atom stereocenters. The molecule has 0 N–H and O–H groups in total. The van der Waals surface area contributed by atoms with Gasteiger partial charge >= 0.3 is 11.7 Å². The summed E-state index contributed by atoms with van der Waals surface area (Å²) in [5.74, 6) is 1.03. The molecule has 0 bridgehead atoms. The van der Waals surface area contributed by atoms with E-state index in [1.807, 2.05) is 18.5 Å². The Balaban J connectivity index is 1.66. The first-order valence-electron chi connectivity index (χ1n) is 10.8. The summed E-state index contributed by atoms with van der Waals surface area (Å²) in [7, 11) is 0. The van der Waals surface area contributed by atoms with Crippen molar-refractivity contribution in [3.8, 4) is 23.0 Å². The molecule has 3 aliphatic heterocycles. The molecule has 32 heavy (non-hydrogen) atoms.